The number of nitrogens with zero attached hydrogens (tertiary/aromatic N) is 4. The normalized spacial score (nSPS) is 21.6. The molecule has 3 heterocycles. The Labute approximate surface area is 167 Å². The molecule has 29 heavy (non-hydrogen) atoms. The Kier molecular flexibility index (Phi) is 5.36. The SMILES string of the molecule is CC1CCCN(C(=O)C2CCN(c3nc(C(F)(F)F)nc4ccccc34)CC2)C1. The zero-order valence-corrected chi connectivity index (χ0v) is 16.5. The molecule has 5 nitrogen and oxygen atoms in total. The van der Waals surface area contributed by atoms with Crippen LogP contribution < -0.4 is 4.90 Å². The van der Waals surface area contributed by atoms with Crippen LogP contribution >= 0.6 is 0 Å². The molecule has 2 fully saturated rings. The zero-order chi connectivity index (χ0) is 20.6. The van der Waals surface area contributed by atoms with E-state index in [-0.39, 0.29) is 17.3 Å². The molecule has 2 saturated heterocycles. The molecule has 2 aliphatic heterocycles. The van der Waals surface area contributed by atoms with E-state index in [1.165, 1.54) is 0 Å². The highest BCUT2D eigenvalue weighted by Gasteiger charge is 2.37. The van der Waals surface area contributed by atoms with Gasteiger partial charge in [-0.3, -0.25) is 4.79 Å². The molecule has 156 valence electrons. The predicted octanol–water partition coefficient (Wildman–Crippen LogP) is 4.12. The fourth-order valence-corrected chi connectivity index (χ4v) is 4.41. The number of carbonyl (C=O) groups excluding carboxylic acids is 1. The lowest BCUT2D eigenvalue weighted by molar-refractivity contribution is -0.144. The van der Waals surface area contributed by atoms with E-state index in [2.05, 4.69) is 16.9 Å². The first-order valence-corrected chi connectivity index (χ1v) is 10.2. The first kappa shape index (κ1) is 19.9. The molecule has 1 unspecified atom stereocenters. The van der Waals surface area contributed by atoms with Gasteiger partial charge in [0.2, 0.25) is 11.7 Å². The smallest absolute Gasteiger partial charge is 0.356 e. The van der Waals surface area contributed by atoms with Crippen molar-refractivity contribution in [2.45, 2.75) is 38.8 Å². The number of amides is 1. The van der Waals surface area contributed by atoms with Crippen molar-refractivity contribution in [3.05, 3.63) is 30.1 Å². The highest BCUT2D eigenvalue weighted by atomic mass is 19.4. The Hall–Kier alpha value is -2.38. The maximum atomic E-state index is 13.3. The molecule has 4 rings (SSSR count). The van der Waals surface area contributed by atoms with Crippen LogP contribution in [0.5, 0.6) is 0 Å². The molecule has 1 atom stereocenters. The van der Waals surface area contributed by atoms with Crippen LogP contribution in [0.15, 0.2) is 24.3 Å². The second-order valence-corrected chi connectivity index (χ2v) is 8.18. The number of fused-ring (bicyclic) bond motifs is 1. The van der Waals surface area contributed by atoms with Crippen LogP contribution in [-0.2, 0) is 11.0 Å². The lowest BCUT2D eigenvalue weighted by Gasteiger charge is -2.37. The average Bonchev–Trinajstić information content (AvgIpc) is 2.72. The van der Waals surface area contributed by atoms with Gasteiger partial charge in [-0.05, 0) is 43.7 Å². The minimum absolute atomic E-state index is 0.0632. The topological polar surface area (TPSA) is 49.3 Å². The van der Waals surface area contributed by atoms with E-state index < -0.39 is 12.0 Å². The molecule has 0 N–H and O–H groups in total. The largest absolute Gasteiger partial charge is 0.451 e. The number of benzene rings is 1. The van der Waals surface area contributed by atoms with Gasteiger partial charge in [-0.2, -0.15) is 13.2 Å². The molecule has 0 aliphatic carbocycles. The van der Waals surface area contributed by atoms with Gasteiger partial charge in [0, 0.05) is 37.5 Å². The van der Waals surface area contributed by atoms with Gasteiger partial charge in [-0.1, -0.05) is 19.1 Å². The van der Waals surface area contributed by atoms with Crippen molar-refractivity contribution >= 4 is 22.6 Å². The van der Waals surface area contributed by atoms with Gasteiger partial charge in [0.1, 0.15) is 5.82 Å². The molecule has 2 aliphatic rings. The van der Waals surface area contributed by atoms with Crippen LogP contribution in [0.3, 0.4) is 0 Å². The highest BCUT2D eigenvalue weighted by Crippen LogP contribution is 2.33. The summed E-state index contributed by atoms with van der Waals surface area (Å²) >= 11 is 0. The van der Waals surface area contributed by atoms with Gasteiger partial charge in [0.05, 0.1) is 5.52 Å². The Bertz CT molecular complexity index is 893. The van der Waals surface area contributed by atoms with E-state index in [9.17, 15) is 18.0 Å². The van der Waals surface area contributed by atoms with Crippen LogP contribution in [0.1, 0.15) is 38.4 Å². The second kappa shape index (κ2) is 7.80. The molecule has 0 spiro atoms. The van der Waals surface area contributed by atoms with Gasteiger partial charge in [-0.25, -0.2) is 9.97 Å². The van der Waals surface area contributed by atoms with Crippen LogP contribution in [0, 0.1) is 11.8 Å². The number of carbonyl (C=O) groups is 1. The Morgan fingerprint density at radius 1 is 1.07 bits per heavy atom. The van der Waals surface area contributed by atoms with Crippen LogP contribution in [-0.4, -0.2) is 47.0 Å². The number of aromatic nitrogens is 2. The van der Waals surface area contributed by atoms with Gasteiger partial charge in [-0.15, -0.1) is 0 Å². The summed E-state index contributed by atoms with van der Waals surface area (Å²) in [6, 6.07) is 6.76. The Morgan fingerprint density at radius 2 is 1.79 bits per heavy atom. The van der Waals surface area contributed by atoms with Crippen molar-refractivity contribution in [2.75, 3.05) is 31.1 Å². The molecule has 2 aromatic rings. The van der Waals surface area contributed by atoms with Gasteiger partial charge in [0.15, 0.2) is 0 Å². The number of halogens is 3. The third kappa shape index (κ3) is 4.16. The van der Waals surface area contributed by atoms with Crippen molar-refractivity contribution < 1.29 is 18.0 Å². The summed E-state index contributed by atoms with van der Waals surface area (Å²) < 4.78 is 39.8. The Morgan fingerprint density at radius 3 is 2.48 bits per heavy atom. The molecule has 1 aromatic carbocycles. The fourth-order valence-electron chi connectivity index (χ4n) is 4.41. The van der Waals surface area contributed by atoms with E-state index >= 15 is 0 Å². The van der Waals surface area contributed by atoms with Crippen molar-refractivity contribution in [3.63, 3.8) is 0 Å². The van der Waals surface area contributed by atoms with Gasteiger partial charge >= 0.3 is 6.18 Å². The molecule has 0 radical (unpaired) electrons. The maximum Gasteiger partial charge on any atom is 0.451 e. The summed E-state index contributed by atoms with van der Waals surface area (Å²) in [6.07, 6.45) is -1.14. The number of likely N-dealkylation sites (tertiary alicyclic amines) is 1. The molecular weight excluding hydrogens is 381 g/mol. The summed E-state index contributed by atoms with van der Waals surface area (Å²) in [4.78, 5) is 24.3. The van der Waals surface area contributed by atoms with E-state index in [1.54, 1.807) is 24.3 Å². The number of anilines is 1. The van der Waals surface area contributed by atoms with E-state index in [0.717, 1.165) is 25.9 Å². The minimum Gasteiger partial charge on any atom is -0.356 e. The number of hydrogen-bond donors (Lipinski definition) is 0. The summed E-state index contributed by atoms with van der Waals surface area (Å²) in [7, 11) is 0. The lowest BCUT2D eigenvalue weighted by Crippen LogP contribution is -2.46. The van der Waals surface area contributed by atoms with Crippen molar-refractivity contribution in [3.8, 4) is 0 Å². The quantitative estimate of drug-likeness (QED) is 0.753. The monoisotopic (exact) mass is 406 g/mol. The lowest BCUT2D eigenvalue weighted by atomic mass is 9.92. The van der Waals surface area contributed by atoms with Crippen LogP contribution in [0.4, 0.5) is 19.0 Å². The maximum absolute atomic E-state index is 13.3. The standard InChI is InChI=1S/C21H25F3N4O/c1-14-5-4-10-28(13-14)19(29)15-8-11-27(12-9-15)18-16-6-2-3-7-17(16)25-20(26-18)21(22,23)24/h2-3,6-7,14-15H,4-5,8-13H2,1H3. The first-order valence-electron chi connectivity index (χ1n) is 10.2. The fraction of sp³-hybridized carbons (Fsp3) is 0.571. The van der Waals surface area contributed by atoms with Crippen LogP contribution in [0.25, 0.3) is 10.9 Å². The minimum atomic E-state index is -4.60. The predicted molar refractivity (Wildman–Crippen MR) is 104 cm³/mol. The summed E-state index contributed by atoms with van der Waals surface area (Å²) in [6.45, 7) is 4.82. The number of alkyl halides is 3. The third-order valence-corrected chi connectivity index (χ3v) is 5.95. The summed E-state index contributed by atoms with van der Waals surface area (Å²) in [5.74, 6) is -0.153. The molecule has 0 saturated carbocycles. The van der Waals surface area contributed by atoms with E-state index in [0.29, 0.717) is 43.1 Å². The summed E-state index contributed by atoms with van der Waals surface area (Å²) in [5, 5.41) is 0.607. The first-order chi connectivity index (χ1) is 13.8. The van der Waals surface area contributed by atoms with Crippen molar-refractivity contribution in [2.24, 2.45) is 11.8 Å². The summed E-state index contributed by atoms with van der Waals surface area (Å²) in [5.41, 5.74) is 0.283. The molecular formula is C21H25F3N4O. The molecule has 0 bridgehead atoms. The molecule has 8 heteroatoms. The zero-order valence-electron chi connectivity index (χ0n) is 16.5. The van der Waals surface area contributed by atoms with Gasteiger partial charge < -0.3 is 9.80 Å². The van der Waals surface area contributed by atoms with Crippen LogP contribution in [0.2, 0.25) is 0 Å². The molecule has 1 amide bonds. The van der Waals surface area contributed by atoms with Gasteiger partial charge in [0.25, 0.3) is 0 Å². The molecule has 1 aromatic heterocycles. The van der Waals surface area contributed by atoms with Crippen molar-refractivity contribution in [1.82, 2.24) is 14.9 Å². The third-order valence-electron chi connectivity index (χ3n) is 5.95. The average molecular weight is 406 g/mol. The second-order valence-electron chi connectivity index (χ2n) is 8.18. The van der Waals surface area contributed by atoms with Crippen molar-refractivity contribution in [1.29, 1.82) is 0 Å². The number of piperidine rings is 2. The van der Waals surface area contributed by atoms with E-state index in [4.69, 9.17) is 0 Å². The highest BCUT2D eigenvalue weighted by molar-refractivity contribution is 5.89. The number of hydrogen-bond acceptors (Lipinski definition) is 4. The number of para-hydroxylation sites is 1. The van der Waals surface area contributed by atoms with E-state index in [1.807, 2.05) is 9.80 Å². The number of rotatable bonds is 2. The Balaban J connectivity index is 1.52.